The lowest BCUT2D eigenvalue weighted by Crippen LogP contribution is -2.21. The molecule has 23 aromatic rings. The summed E-state index contributed by atoms with van der Waals surface area (Å²) in [5, 5.41) is 44.8. The molecule has 744 valence electrons. The summed E-state index contributed by atoms with van der Waals surface area (Å²) in [4.78, 5) is 55.8. The van der Waals surface area contributed by atoms with E-state index in [1.165, 1.54) is 168 Å². The Morgan fingerprint density at radius 3 is 1.13 bits per heavy atom. The van der Waals surface area contributed by atoms with E-state index in [0.29, 0.717) is 6.54 Å². The van der Waals surface area contributed by atoms with Crippen LogP contribution in [-0.4, -0.2) is 93.4 Å². The van der Waals surface area contributed by atoms with E-state index in [4.69, 9.17) is 46.3 Å². The topological polar surface area (TPSA) is 270 Å². The van der Waals surface area contributed by atoms with Crippen molar-refractivity contribution in [1.82, 2.24) is 84.7 Å². The monoisotopic (exact) mass is 2070 g/mol. The Hall–Kier alpha value is -15.4. The van der Waals surface area contributed by atoms with Gasteiger partial charge in [-0.25, -0.2) is 34.3 Å². The third kappa shape index (κ3) is 19.8. The Labute approximate surface area is 880 Å². The summed E-state index contributed by atoms with van der Waals surface area (Å²) in [5.41, 5.74) is 32.4. The van der Waals surface area contributed by atoms with Crippen LogP contribution >= 0.6 is 68.0 Å². The molecule has 0 bridgehead atoms. The molecule has 24 nitrogen and oxygen atoms in total. The van der Waals surface area contributed by atoms with Crippen molar-refractivity contribution in [2.75, 3.05) is 23.1 Å². The van der Waals surface area contributed by atoms with Gasteiger partial charge in [-0.15, -0.1) is 74.4 Å². The smallest absolute Gasteiger partial charge is 0.166 e. The number of H-pyrrole nitrogens is 1. The number of methoxy groups -OCH3 is 1. The number of thiophene rings is 6. The Bertz CT molecular complexity index is 9260. The van der Waals surface area contributed by atoms with E-state index in [1.807, 2.05) is 93.3 Å². The van der Waals surface area contributed by atoms with Crippen LogP contribution in [0.1, 0.15) is 144 Å². The number of aromatic nitrogens is 14. The summed E-state index contributed by atoms with van der Waals surface area (Å²) in [6.45, 7) is 33.8. The molecule has 6 aromatic carbocycles. The van der Waals surface area contributed by atoms with E-state index >= 15 is 0 Å². The Kier molecular flexibility index (Phi) is 27.6. The van der Waals surface area contributed by atoms with Gasteiger partial charge in [0.05, 0.1) is 84.1 Å². The zero-order chi connectivity index (χ0) is 103. The van der Waals surface area contributed by atoms with Gasteiger partial charge < -0.3 is 46.2 Å². The van der Waals surface area contributed by atoms with Gasteiger partial charge in [-0.2, -0.15) is 15.3 Å². The quantitative estimate of drug-likeness (QED) is 0.0443. The molecule has 3 aliphatic rings. The van der Waals surface area contributed by atoms with Crippen LogP contribution in [0.5, 0.6) is 5.75 Å². The molecule has 0 atom stereocenters. The second-order valence-corrected chi connectivity index (χ2v) is 44.1. The molecule has 0 unspecified atom stereocenters. The van der Waals surface area contributed by atoms with Crippen LogP contribution in [0.2, 0.25) is 0 Å². The molecule has 0 aliphatic carbocycles. The molecule has 148 heavy (non-hydrogen) atoms. The molecule has 0 saturated carbocycles. The second-order valence-electron chi connectivity index (χ2n) is 38.1. The molecule has 0 spiro atoms. The van der Waals surface area contributed by atoms with E-state index < -0.39 is 0 Å². The molecule has 3 aliphatic heterocycles. The van der Waals surface area contributed by atoms with Gasteiger partial charge in [0.1, 0.15) is 58.1 Å². The lowest BCUT2D eigenvalue weighted by atomic mass is 10.1. The van der Waals surface area contributed by atoms with Crippen LogP contribution in [0, 0.1) is 108 Å². The standard InChI is InChI=1S/C21H21N5S.C20H17FN4S.C20H19N5S.C19H19N3OS.C19H19N3S.C18H17N3S/c1-12-9-13(2)23-21-17(12)18-19(27-21)20(24-26(18)4)22-11-15-10-14-7-5-6-8-16(14)25(15)3;1-5-14-7-6-13(9-15(14)21)10-22-19-18-17(25(4)24-19)16-11(2)8-12(3)23-20(16)26-18;1-11-8-12(2)23-20-16(11)17-18(26-20)19(24-25(17)3)22-10-13-4-5-15-14(9-13)6-7-21-15;1-11-8-12(2)22-19-16(11)15-10-21-18(17(15)24-19)20-9-13-4-6-14(23-3)7-5-13;1-11-4-6-14(7-5-11)9-20-18-17-15(10-21-18)16-12(2)8-13(3)22-19(16)23-17;1-11-8-12(2)21-18-15(11)14-10-20-17(16(14)22-18)19-9-13-6-4-3-5-7-13/h5-10H,11H2,1-4H3,(H,22,24);1,6-9H,10H2,2-4H3,(H,22,24);4-9,21H,10H2,1-3H3,(H,22,24);4-8H,9-10H2,1-3H3,(H,20,21);4-8H,9-10H2,1-3H3,(H,20,21);3-8H,9-10H2,1-2H3,(H,19,20). The van der Waals surface area contributed by atoms with E-state index in [9.17, 15) is 4.39 Å². The van der Waals surface area contributed by atoms with Crippen molar-refractivity contribution < 1.29 is 9.13 Å². The first kappa shape index (κ1) is 98.6. The summed E-state index contributed by atoms with van der Waals surface area (Å²) in [6, 6.07) is 64.2. The molecule has 26 rings (SSSR count). The SMILES string of the molecule is C#Cc1ccc(CNc2nn(C)c3c2sc2nc(C)cc(C)c23)cc1F.COc1ccc(CNC2=NCc3c2sc2nc(C)cc(C)c32)cc1.Cc1cc(C)c2c(n1)sc1c(NCc3cc4ccccc4n3C)nn(C)c12.Cc1cc(C)c2c(n1)sc1c(NCc3ccc4[nH]ccc4c3)nn(C)c12.Cc1cc(C)c2c3c(sc2n1)C(NCc1ccccc1)=NC3.Cc1ccc(CNC2=NCc3c2sc2nc(C)cc(C)c32)cc1. The van der Waals surface area contributed by atoms with Crippen molar-refractivity contribution in [3.63, 3.8) is 0 Å². The van der Waals surface area contributed by atoms with Crippen molar-refractivity contribution in [3.8, 4) is 18.1 Å². The second kappa shape index (κ2) is 41.5. The number of fused-ring (bicyclic) bond motifs is 20. The Balaban J connectivity index is 0.000000104. The highest BCUT2D eigenvalue weighted by Crippen LogP contribution is 2.45. The first-order valence-electron chi connectivity index (χ1n) is 49.1. The number of benzene rings is 6. The average Bonchev–Trinajstić information content (AvgIpc) is 1.61. The highest BCUT2D eigenvalue weighted by Gasteiger charge is 2.30. The third-order valence-corrected chi connectivity index (χ3v) is 33.7. The minimum absolute atomic E-state index is 0.274. The first-order valence-corrected chi connectivity index (χ1v) is 54.0. The molecule has 31 heteroatoms. The van der Waals surface area contributed by atoms with Gasteiger partial charge in [0.25, 0.3) is 0 Å². The van der Waals surface area contributed by atoms with Crippen LogP contribution in [0.25, 0.3) is 114 Å². The molecule has 0 saturated heterocycles. The number of aromatic amines is 1. The maximum absolute atomic E-state index is 13.9. The normalized spacial score (nSPS) is 12.4. The fourth-order valence-corrected chi connectivity index (χ4v) is 27.8. The maximum atomic E-state index is 13.9. The number of aliphatic imine (C=N–C) groups is 3. The molecule has 0 amide bonds. The van der Waals surface area contributed by atoms with Crippen molar-refractivity contribution in [1.29, 1.82) is 0 Å². The molecule has 0 radical (unpaired) electrons. The number of halogens is 1. The lowest BCUT2D eigenvalue weighted by Gasteiger charge is -2.07. The van der Waals surface area contributed by atoms with E-state index in [-0.39, 0.29) is 11.4 Å². The number of nitrogens with one attached hydrogen (secondary N) is 7. The van der Waals surface area contributed by atoms with Crippen LogP contribution < -0.4 is 36.6 Å². The Morgan fingerprint density at radius 2 is 0.723 bits per heavy atom. The Morgan fingerprint density at radius 1 is 0.365 bits per heavy atom. The van der Waals surface area contributed by atoms with E-state index in [1.54, 1.807) is 81.2 Å². The zero-order valence-electron chi connectivity index (χ0n) is 85.8. The summed E-state index contributed by atoms with van der Waals surface area (Å²) in [6.07, 6.45) is 7.24. The number of para-hydroxylation sites is 1. The molecular weight excluding hydrogens is 1950 g/mol. The number of pyridine rings is 6. The van der Waals surface area contributed by atoms with Crippen LogP contribution in [0.4, 0.5) is 21.8 Å². The number of amidine groups is 3. The minimum atomic E-state index is -0.380. The predicted molar refractivity (Wildman–Crippen MR) is 617 cm³/mol. The number of aryl methyl sites for hydroxylation is 17. The van der Waals surface area contributed by atoms with Gasteiger partial charge >= 0.3 is 0 Å². The summed E-state index contributed by atoms with van der Waals surface area (Å²) >= 11 is 10.3. The lowest BCUT2D eigenvalue weighted by molar-refractivity contribution is 0.414. The summed E-state index contributed by atoms with van der Waals surface area (Å²) in [7, 11) is 9.74. The molecule has 7 N–H and O–H groups in total. The van der Waals surface area contributed by atoms with Crippen molar-refractivity contribution in [2.45, 2.75) is 149 Å². The number of ether oxygens (including phenoxy) is 1. The molecule has 17 aromatic heterocycles. The fraction of sp³-hybridized carbons (Fsp3) is 0.231. The molecular formula is C117H112FN23OS6. The number of nitrogens with zero attached hydrogens (tertiary/aromatic N) is 16. The minimum Gasteiger partial charge on any atom is -0.497 e. The number of rotatable bonds is 16. The first-order chi connectivity index (χ1) is 71.6. The fourth-order valence-electron chi connectivity index (χ4n) is 20.1. The third-order valence-electron chi connectivity index (χ3n) is 27.1. The number of hydrogen-bond acceptors (Lipinski definition) is 25. The summed E-state index contributed by atoms with van der Waals surface area (Å²) in [5.74, 6) is 8.48. The number of anilines is 3. The van der Waals surface area contributed by atoms with Crippen molar-refractivity contribution in [2.24, 2.45) is 43.2 Å². The van der Waals surface area contributed by atoms with Gasteiger partial charge in [0.15, 0.2) is 17.5 Å². The molecule has 0 fully saturated rings. The molecule has 20 heterocycles. The van der Waals surface area contributed by atoms with Gasteiger partial charge in [0, 0.05) is 167 Å². The van der Waals surface area contributed by atoms with E-state index in [0.717, 1.165) is 183 Å². The number of hydrogen-bond donors (Lipinski definition) is 7. The van der Waals surface area contributed by atoms with Gasteiger partial charge in [-0.05, 0) is 253 Å². The van der Waals surface area contributed by atoms with Crippen LogP contribution in [-0.2, 0) is 87.1 Å². The van der Waals surface area contributed by atoms with Crippen molar-refractivity contribution >= 4 is 217 Å². The van der Waals surface area contributed by atoms with Crippen molar-refractivity contribution in [3.05, 3.63) is 344 Å². The van der Waals surface area contributed by atoms with Crippen LogP contribution in [0.3, 0.4) is 0 Å². The predicted octanol–water partition coefficient (Wildman–Crippen LogP) is 26.5. The van der Waals surface area contributed by atoms with Gasteiger partial charge in [-0.3, -0.25) is 29.0 Å². The highest BCUT2D eigenvalue weighted by atomic mass is 32.1. The van der Waals surface area contributed by atoms with Gasteiger partial charge in [0.2, 0.25) is 0 Å². The largest absolute Gasteiger partial charge is 0.497 e. The van der Waals surface area contributed by atoms with Gasteiger partial charge in [-0.1, -0.05) is 109 Å². The zero-order valence-corrected chi connectivity index (χ0v) is 90.7. The summed E-state index contributed by atoms with van der Waals surface area (Å²) < 4.78 is 30.5. The average molecular weight is 2070 g/mol. The van der Waals surface area contributed by atoms with Crippen LogP contribution in [0.15, 0.2) is 209 Å². The van der Waals surface area contributed by atoms with E-state index in [2.05, 4.69) is 293 Å². The maximum Gasteiger partial charge on any atom is 0.166 e. The number of terminal acetylenes is 1. The highest BCUT2D eigenvalue weighted by molar-refractivity contribution is 7.27.